The average Bonchev–Trinajstić information content (AvgIpc) is 2.32. The van der Waals surface area contributed by atoms with E-state index in [0.717, 1.165) is 19.5 Å². The van der Waals surface area contributed by atoms with Crippen molar-refractivity contribution in [3.8, 4) is 0 Å². The summed E-state index contributed by atoms with van der Waals surface area (Å²) in [6.45, 7) is 6.47. The van der Waals surface area contributed by atoms with Crippen molar-refractivity contribution in [2.45, 2.75) is 32.9 Å². The Morgan fingerprint density at radius 1 is 1.47 bits per heavy atom. The largest absolute Gasteiger partial charge is 0.391 e. The highest BCUT2D eigenvalue weighted by Crippen LogP contribution is 2.27. The van der Waals surface area contributed by atoms with Gasteiger partial charge in [-0.3, -0.25) is 0 Å². The molecule has 1 saturated heterocycles. The Morgan fingerprint density at radius 2 is 2.24 bits per heavy atom. The van der Waals surface area contributed by atoms with Crippen LogP contribution in [-0.2, 0) is 6.54 Å². The summed E-state index contributed by atoms with van der Waals surface area (Å²) in [4.78, 5) is 2.26. The van der Waals surface area contributed by atoms with Gasteiger partial charge in [-0.15, -0.1) is 0 Å². The molecule has 2 atom stereocenters. The fourth-order valence-electron chi connectivity index (χ4n) is 2.45. The summed E-state index contributed by atoms with van der Waals surface area (Å²) in [6.07, 6.45) is 0.815. The van der Waals surface area contributed by atoms with Gasteiger partial charge < -0.3 is 15.7 Å². The van der Waals surface area contributed by atoms with Crippen LogP contribution in [0.2, 0.25) is 0 Å². The van der Waals surface area contributed by atoms with Crippen LogP contribution in [0.1, 0.15) is 24.5 Å². The smallest absolute Gasteiger partial charge is 0.0741 e. The van der Waals surface area contributed by atoms with Gasteiger partial charge in [0.1, 0.15) is 0 Å². The number of hydrogen-bond donors (Lipinski definition) is 2. The number of hydrogen-bond acceptors (Lipinski definition) is 3. The van der Waals surface area contributed by atoms with E-state index in [1.54, 1.807) is 0 Å². The number of anilines is 1. The summed E-state index contributed by atoms with van der Waals surface area (Å²) < 4.78 is 0. The average molecular weight is 234 g/mol. The molecule has 0 amide bonds. The van der Waals surface area contributed by atoms with Crippen LogP contribution in [0.15, 0.2) is 18.2 Å². The van der Waals surface area contributed by atoms with Crippen LogP contribution in [0.25, 0.3) is 0 Å². The number of nitrogens with zero attached hydrogens (tertiary/aromatic N) is 1. The van der Waals surface area contributed by atoms with Crippen molar-refractivity contribution in [3.05, 3.63) is 29.3 Å². The second kappa shape index (κ2) is 5.07. The number of rotatable bonds is 2. The van der Waals surface area contributed by atoms with Gasteiger partial charge in [0.05, 0.1) is 6.10 Å². The topological polar surface area (TPSA) is 49.5 Å². The molecule has 0 aliphatic carbocycles. The lowest BCUT2D eigenvalue weighted by molar-refractivity contribution is 0.103. The number of nitrogens with two attached hydrogens (primary N) is 1. The zero-order valence-electron chi connectivity index (χ0n) is 10.7. The van der Waals surface area contributed by atoms with Gasteiger partial charge in [0, 0.05) is 25.3 Å². The van der Waals surface area contributed by atoms with E-state index in [1.165, 1.54) is 16.8 Å². The molecule has 17 heavy (non-hydrogen) atoms. The van der Waals surface area contributed by atoms with Crippen molar-refractivity contribution in [2.75, 3.05) is 18.0 Å². The number of aliphatic hydroxyl groups is 1. The Morgan fingerprint density at radius 3 is 2.88 bits per heavy atom. The summed E-state index contributed by atoms with van der Waals surface area (Å²) in [5.74, 6) is 0.401. The third-order valence-corrected chi connectivity index (χ3v) is 3.71. The predicted octanol–water partition coefficient (Wildman–Crippen LogP) is 1.66. The van der Waals surface area contributed by atoms with Crippen LogP contribution < -0.4 is 10.6 Å². The second-order valence-corrected chi connectivity index (χ2v) is 5.12. The molecule has 1 aliphatic rings. The maximum atomic E-state index is 9.95. The predicted molar refractivity (Wildman–Crippen MR) is 71.1 cm³/mol. The summed E-state index contributed by atoms with van der Waals surface area (Å²) >= 11 is 0. The van der Waals surface area contributed by atoms with E-state index in [1.807, 2.05) is 0 Å². The maximum absolute atomic E-state index is 9.95. The first-order valence-electron chi connectivity index (χ1n) is 6.34. The first-order valence-corrected chi connectivity index (χ1v) is 6.34. The molecule has 94 valence electrons. The van der Waals surface area contributed by atoms with E-state index in [2.05, 4.69) is 36.9 Å². The monoisotopic (exact) mass is 234 g/mol. The van der Waals surface area contributed by atoms with Crippen molar-refractivity contribution in [1.29, 1.82) is 0 Å². The SMILES string of the molecule is Cc1ccc(N2CCC(C)C(O)C2)c(CN)c1. The fourth-order valence-corrected chi connectivity index (χ4v) is 2.45. The quantitative estimate of drug-likeness (QED) is 0.818. The van der Waals surface area contributed by atoms with E-state index in [0.29, 0.717) is 12.5 Å². The van der Waals surface area contributed by atoms with Gasteiger partial charge in [-0.1, -0.05) is 24.6 Å². The van der Waals surface area contributed by atoms with E-state index in [4.69, 9.17) is 5.73 Å². The molecule has 2 rings (SSSR count). The van der Waals surface area contributed by atoms with Crippen LogP contribution in [-0.4, -0.2) is 24.3 Å². The van der Waals surface area contributed by atoms with Crippen LogP contribution >= 0.6 is 0 Å². The molecule has 0 aromatic heterocycles. The number of piperidine rings is 1. The summed E-state index contributed by atoms with van der Waals surface area (Å²) in [5.41, 5.74) is 9.39. The molecule has 0 radical (unpaired) electrons. The van der Waals surface area contributed by atoms with Crippen LogP contribution in [0, 0.1) is 12.8 Å². The highest BCUT2D eigenvalue weighted by atomic mass is 16.3. The third kappa shape index (κ3) is 2.61. The maximum Gasteiger partial charge on any atom is 0.0741 e. The zero-order valence-corrected chi connectivity index (χ0v) is 10.7. The number of β-amino-alcohol motifs (C(OH)–C–C–N with tert-alkyl or cyclic N) is 1. The van der Waals surface area contributed by atoms with Gasteiger partial charge in [-0.05, 0) is 30.9 Å². The van der Waals surface area contributed by atoms with Crippen molar-refractivity contribution in [1.82, 2.24) is 0 Å². The van der Waals surface area contributed by atoms with Crippen LogP contribution in [0.4, 0.5) is 5.69 Å². The molecule has 0 spiro atoms. The second-order valence-electron chi connectivity index (χ2n) is 5.12. The molecular weight excluding hydrogens is 212 g/mol. The van der Waals surface area contributed by atoms with Crippen molar-refractivity contribution in [2.24, 2.45) is 11.7 Å². The Hall–Kier alpha value is -1.06. The zero-order chi connectivity index (χ0) is 12.4. The lowest BCUT2D eigenvalue weighted by atomic mass is 9.95. The van der Waals surface area contributed by atoms with E-state index in [-0.39, 0.29) is 6.10 Å². The molecule has 3 nitrogen and oxygen atoms in total. The van der Waals surface area contributed by atoms with E-state index >= 15 is 0 Å². The minimum Gasteiger partial charge on any atom is -0.391 e. The molecular formula is C14H22N2O. The lowest BCUT2D eigenvalue weighted by Gasteiger charge is -2.36. The van der Waals surface area contributed by atoms with Gasteiger partial charge in [0.25, 0.3) is 0 Å². The fraction of sp³-hybridized carbons (Fsp3) is 0.571. The normalized spacial score (nSPS) is 25.1. The van der Waals surface area contributed by atoms with Crippen LogP contribution in [0.3, 0.4) is 0 Å². The molecule has 1 fully saturated rings. The molecule has 1 aromatic rings. The van der Waals surface area contributed by atoms with Gasteiger partial charge in [-0.25, -0.2) is 0 Å². The Balaban J connectivity index is 2.22. The van der Waals surface area contributed by atoms with Crippen LogP contribution in [0.5, 0.6) is 0 Å². The minimum absolute atomic E-state index is 0.226. The molecule has 0 bridgehead atoms. The highest BCUT2D eigenvalue weighted by Gasteiger charge is 2.25. The van der Waals surface area contributed by atoms with Gasteiger partial charge in [0.15, 0.2) is 0 Å². The molecule has 0 saturated carbocycles. The molecule has 1 aliphatic heterocycles. The Labute approximate surface area is 103 Å². The molecule has 3 N–H and O–H groups in total. The minimum atomic E-state index is -0.226. The van der Waals surface area contributed by atoms with Crippen molar-refractivity contribution >= 4 is 5.69 Å². The summed E-state index contributed by atoms with van der Waals surface area (Å²) in [5, 5.41) is 9.95. The first-order chi connectivity index (χ1) is 8.11. The van der Waals surface area contributed by atoms with Crippen molar-refractivity contribution in [3.63, 3.8) is 0 Å². The number of aliphatic hydroxyl groups excluding tert-OH is 1. The summed E-state index contributed by atoms with van der Waals surface area (Å²) in [7, 11) is 0. The standard InChI is InChI=1S/C14H22N2O/c1-10-3-4-13(12(7-10)8-15)16-6-5-11(2)14(17)9-16/h3-4,7,11,14,17H,5-6,8-9,15H2,1-2H3. The molecule has 1 heterocycles. The first kappa shape index (κ1) is 12.4. The Kier molecular flexibility index (Phi) is 3.69. The number of benzene rings is 1. The third-order valence-electron chi connectivity index (χ3n) is 3.71. The van der Waals surface area contributed by atoms with E-state index < -0.39 is 0 Å². The Bertz CT molecular complexity index is 392. The molecule has 1 aromatic carbocycles. The van der Waals surface area contributed by atoms with E-state index in [9.17, 15) is 5.11 Å². The van der Waals surface area contributed by atoms with Gasteiger partial charge in [0.2, 0.25) is 0 Å². The van der Waals surface area contributed by atoms with Gasteiger partial charge >= 0.3 is 0 Å². The summed E-state index contributed by atoms with van der Waals surface area (Å²) in [6, 6.07) is 6.37. The lowest BCUT2D eigenvalue weighted by Crippen LogP contribution is -2.43. The van der Waals surface area contributed by atoms with Gasteiger partial charge in [-0.2, -0.15) is 0 Å². The highest BCUT2D eigenvalue weighted by molar-refractivity contribution is 5.55. The number of aryl methyl sites for hydroxylation is 1. The molecule has 3 heteroatoms. The molecule has 2 unspecified atom stereocenters. The van der Waals surface area contributed by atoms with Crippen molar-refractivity contribution < 1.29 is 5.11 Å².